The lowest BCUT2D eigenvalue weighted by molar-refractivity contribution is 0.257. The zero-order chi connectivity index (χ0) is 14.1. The van der Waals surface area contributed by atoms with Crippen molar-refractivity contribution in [3.8, 4) is 11.5 Å². The van der Waals surface area contributed by atoms with Crippen molar-refractivity contribution < 1.29 is 4.52 Å². The number of hydrogen-bond acceptors (Lipinski definition) is 6. The van der Waals surface area contributed by atoms with E-state index in [0.29, 0.717) is 16.6 Å². The molecule has 20 heavy (non-hydrogen) atoms. The Balaban J connectivity index is 1.87. The third-order valence-corrected chi connectivity index (χ3v) is 4.75. The predicted molar refractivity (Wildman–Crippen MR) is 81.9 cm³/mol. The summed E-state index contributed by atoms with van der Waals surface area (Å²) >= 11 is 7.82. The van der Waals surface area contributed by atoms with Crippen LogP contribution < -0.4 is 5.73 Å². The lowest BCUT2D eigenvalue weighted by atomic mass is 10.2. The molecule has 0 bridgehead atoms. The van der Waals surface area contributed by atoms with Crippen LogP contribution in [-0.2, 0) is 0 Å². The lowest BCUT2D eigenvalue weighted by Gasteiger charge is -2.29. The summed E-state index contributed by atoms with van der Waals surface area (Å²) in [6.45, 7) is 1.03. The van der Waals surface area contributed by atoms with E-state index in [9.17, 15) is 0 Å². The van der Waals surface area contributed by atoms with Crippen molar-refractivity contribution in [2.24, 2.45) is 0 Å². The second-order valence-corrected chi connectivity index (χ2v) is 6.32. The molecule has 0 spiro atoms. The van der Waals surface area contributed by atoms with Crippen molar-refractivity contribution in [3.63, 3.8) is 0 Å². The maximum absolute atomic E-state index is 5.91. The average molecular weight is 311 g/mol. The maximum Gasteiger partial charge on any atom is 0.258 e. The van der Waals surface area contributed by atoms with Gasteiger partial charge in [-0.25, -0.2) is 0 Å². The van der Waals surface area contributed by atoms with Crippen LogP contribution in [0.1, 0.15) is 11.9 Å². The summed E-state index contributed by atoms with van der Waals surface area (Å²) in [6, 6.07) is 5.52. The van der Waals surface area contributed by atoms with Crippen LogP contribution in [0.3, 0.4) is 0 Å². The van der Waals surface area contributed by atoms with Gasteiger partial charge >= 0.3 is 0 Å². The number of anilines is 1. The molecule has 7 heteroatoms. The first-order valence-corrected chi connectivity index (χ1v) is 7.85. The number of rotatable bonds is 2. The highest BCUT2D eigenvalue weighted by molar-refractivity contribution is 7.99. The standard InChI is InChI=1S/C13H15ClN4OS/c1-18-4-5-20-7-11(18)12-16-13(19-17-12)8-2-3-9(14)10(15)6-8/h2-3,6,11H,4-5,7,15H2,1H3. The number of aromatic nitrogens is 2. The molecule has 5 nitrogen and oxygen atoms in total. The van der Waals surface area contributed by atoms with E-state index < -0.39 is 0 Å². The minimum Gasteiger partial charge on any atom is -0.398 e. The molecule has 0 radical (unpaired) electrons. The van der Waals surface area contributed by atoms with Gasteiger partial charge in [0.1, 0.15) is 0 Å². The SMILES string of the molecule is CN1CCSCC1c1noc(-c2ccc(Cl)c(N)c2)n1. The van der Waals surface area contributed by atoms with E-state index in [1.165, 1.54) is 0 Å². The smallest absolute Gasteiger partial charge is 0.258 e. The monoisotopic (exact) mass is 310 g/mol. The molecule has 1 aromatic heterocycles. The topological polar surface area (TPSA) is 68.2 Å². The van der Waals surface area contributed by atoms with Gasteiger partial charge in [0.15, 0.2) is 5.82 Å². The minimum atomic E-state index is 0.205. The molecular weight excluding hydrogens is 296 g/mol. The van der Waals surface area contributed by atoms with E-state index in [-0.39, 0.29) is 6.04 Å². The Morgan fingerprint density at radius 1 is 1.50 bits per heavy atom. The molecule has 3 rings (SSSR count). The van der Waals surface area contributed by atoms with Gasteiger partial charge in [0.25, 0.3) is 5.89 Å². The zero-order valence-electron chi connectivity index (χ0n) is 11.0. The van der Waals surface area contributed by atoms with Crippen molar-refractivity contribution in [2.75, 3.05) is 30.8 Å². The highest BCUT2D eigenvalue weighted by Gasteiger charge is 2.26. The fourth-order valence-electron chi connectivity index (χ4n) is 2.12. The summed E-state index contributed by atoms with van der Waals surface area (Å²) in [7, 11) is 2.08. The number of benzene rings is 1. The normalized spacial score (nSPS) is 20.2. The molecular formula is C13H15ClN4OS. The van der Waals surface area contributed by atoms with Gasteiger partial charge in [-0.2, -0.15) is 16.7 Å². The molecule has 2 heterocycles. The number of nitrogens with zero attached hydrogens (tertiary/aromatic N) is 3. The van der Waals surface area contributed by atoms with Crippen LogP contribution in [0, 0.1) is 0 Å². The first-order valence-electron chi connectivity index (χ1n) is 6.32. The van der Waals surface area contributed by atoms with Crippen molar-refractivity contribution in [1.82, 2.24) is 15.0 Å². The molecule has 0 aliphatic carbocycles. The van der Waals surface area contributed by atoms with Crippen LogP contribution >= 0.6 is 23.4 Å². The third-order valence-electron chi connectivity index (χ3n) is 3.38. The maximum atomic E-state index is 5.91. The van der Waals surface area contributed by atoms with Gasteiger partial charge in [0.2, 0.25) is 0 Å². The lowest BCUT2D eigenvalue weighted by Crippen LogP contribution is -2.33. The Morgan fingerprint density at radius 3 is 3.10 bits per heavy atom. The van der Waals surface area contributed by atoms with Crippen molar-refractivity contribution in [1.29, 1.82) is 0 Å². The summed E-state index contributed by atoms with van der Waals surface area (Å²) in [4.78, 5) is 6.75. The van der Waals surface area contributed by atoms with Gasteiger partial charge < -0.3 is 10.3 Å². The van der Waals surface area contributed by atoms with Crippen molar-refractivity contribution in [3.05, 3.63) is 29.0 Å². The molecule has 0 saturated carbocycles. The molecule has 1 fully saturated rings. The highest BCUT2D eigenvalue weighted by atomic mass is 35.5. The van der Waals surface area contributed by atoms with Gasteiger partial charge in [0, 0.05) is 23.6 Å². The second kappa shape index (κ2) is 5.63. The molecule has 106 valence electrons. The Kier molecular flexibility index (Phi) is 3.87. The molecule has 0 amide bonds. The first-order chi connectivity index (χ1) is 9.65. The highest BCUT2D eigenvalue weighted by Crippen LogP contribution is 2.29. The van der Waals surface area contributed by atoms with E-state index >= 15 is 0 Å². The fourth-order valence-corrected chi connectivity index (χ4v) is 3.45. The molecule has 2 N–H and O–H groups in total. The molecule has 1 aromatic carbocycles. The Labute approximate surface area is 126 Å². The van der Waals surface area contributed by atoms with Crippen LogP contribution in [0.15, 0.2) is 22.7 Å². The van der Waals surface area contributed by atoms with E-state index in [1.807, 2.05) is 17.8 Å². The van der Waals surface area contributed by atoms with Crippen LogP contribution in [0.25, 0.3) is 11.5 Å². The van der Waals surface area contributed by atoms with Crippen molar-refractivity contribution in [2.45, 2.75) is 6.04 Å². The van der Waals surface area contributed by atoms with E-state index in [1.54, 1.807) is 12.1 Å². The van der Waals surface area contributed by atoms with Crippen LogP contribution in [-0.4, -0.2) is 40.1 Å². The number of nitrogens with two attached hydrogens (primary N) is 1. The number of nitrogen functional groups attached to an aromatic ring is 1. The van der Waals surface area contributed by atoms with E-state index in [2.05, 4.69) is 22.1 Å². The van der Waals surface area contributed by atoms with Gasteiger partial charge in [-0.05, 0) is 25.2 Å². The van der Waals surface area contributed by atoms with E-state index in [4.69, 9.17) is 21.9 Å². The minimum absolute atomic E-state index is 0.205. The zero-order valence-corrected chi connectivity index (χ0v) is 12.6. The second-order valence-electron chi connectivity index (χ2n) is 4.77. The summed E-state index contributed by atoms with van der Waals surface area (Å²) in [5, 5.41) is 4.63. The van der Waals surface area contributed by atoms with Gasteiger partial charge in [-0.1, -0.05) is 16.8 Å². The number of thioether (sulfide) groups is 1. The van der Waals surface area contributed by atoms with Gasteiger partial charge in [-0.15, -0.1) is 0 Å². The molecule has 1 aliphatic rings. The third kappa shape index (κ3) is 2.63. The molecule has 1 saturated heterocycles. The molecule has 2 aromatic rings. The average Bonchev–Trinajstić information content (AvgIpc) is 2.92. The Bertz CT molecular complexity index is 618. The Hall–Kier alpha value is -1.24. The molecule has 1 aliphatic heterocycles. The van der Waals surface area contributed by atoms with Crippen LogP contribution in [0.4, 0.5) is 5.69 Å². The number of hydrogen-bond donors (Lipinski definition) is 1. The number of halogens is 1. The van der Waals surface area contributed by atoms with Crippen LogP contribution in [0.2, 0.25) is 5.02 Å². The first kappa shape index (κ1) is 13.7. The van der Waals surface area contributed by atoms with E-state index in [0.717, 1.165) is 29.4 Å². The largest absolute Gasteiger partial charge is 0.398 e. The molecule has 1 unspecified atom stereocenters. The quantitative estimate of drug-likeness (QED) is 0.860. The summed E-state index contributed by atoms with van der Waals surface area (Å²) in [5.41, 5.74) is 7.09. The van der Waals surface area contributed by atoms with Gasteiger partial charge in [0.05, 0.1) is 16.8 Å². The fraction of sp³-hybridized carbons (Fsp3) is 0.385. The Morgan fingerprint density at radius 2 is 2.35 bits per heavy atom. The predicted octanol–water partition coefficient (Wildman–Crippen LogP) is 2.69. The summed E-state index contributed by atoms with van der Waals surface area (Å²) in [5.74, 6) is 3.33. The van der Waals surface area contributed by atoms with Gasteiger partial charge in [-0.3, -0.25) is 4.90 Å². The summed E-state index contributed by atoms with van der Waals surface area (Å²) in [6.07, 6.45) is 0. The summed E-state index contributed by atoms with van der Waals surface area (Å²) < 4.78 is 5.35. The molecule has 1 atom stereocenters. The van der Waals surface area contributed by atoms with Crippen LogP contribution in [0.5, 0.6) is 0 Å². The van der Waals surface area contributed by atoms with Crippen molar-refractivity contribution >= 4 is 29.1 Å².